The van der Waals surface area contributed by atoms with E-state index in [4.69, 9.17) is 4.74 Å². The Kier molecular flexibility index (Phi) is 5.00. The van der Waals surface area contributed by atoms with Gasteiger partial charge in [0.1, 0.15) is 12.9 Å². The smallest absolute Gasteiger partial charge is 0.338 e. The minimum absolute atomic E-state index is 0.282. The fraction of sp³-hybridized carbons (Fsp3) is 0.333. The molecular weight excluding hydrogens is 398 g/mol. The molecule has 2 aliphatic rings. The minimum atomic E-state index is -0.630. The summed E-state index contributed by atoms with van der Waals surface area (Å²) >= 11 is 0. The molecule has 3 aromatic rings. The van der Waals surface area contributed by atoms with Gasteiger partial charge >= 0.3 is 5.97 Å². The summed E-state index contributed by atoms with van der Waals surface area (Å²) in [6.07, 6.45) is 7.36. The van der Waals surface area contributed by atoms with Gasteiger partial charge in [-0.3, -0.25) is 4.90 Å². The largest absolute Gasteiger partial charge is 0.457 e. The normalized spacial score (nSPS) is 17.2. The number of carbonyl (C=O) groups is 1. The van der Waals surface area contributed by atoms with Gasteiger partial charge in [-0.2, -0.15) is 4.68 Å². The SMILES string of the molecule is Cc1c([C@H](O)CN2CC=C(c3cnc(-n4cnnn4)nc3)CC2)ccc2c1COC2=O. The number of hydrogen-bond donors (Lipinski definition) is 1. The number of cyclic esters (lactones) is 1. The lowest BCUT2D eigenvalue weighted by Gasteiger charge is -2.29. The zero-order valence-corrected chi connectivity index (χ0v) is 17.0. The Balaban J connectivity index is 1.24. The van der Waals surface area contributed by atoms with Crippen LogP contribution in [0.4, 0.5) is 0 Å². The van der Waals surface area contributed by atoms with Crippen LogP contribution in [-0.2, 0) is 11.3 Å². The number of carbonyl (C=O) groups excluding carboxylic acids is 1. The molecule has 1 atom stereocenters. The summed E-state index contributed by atoms with van der Waals surface area (Å²) in [6, 6.07) is 3.59. The summed E-state index contributed by atoms with van der Waals surface area (Å²) in [7, 11) is 0. The molecule has 10 heteroatoms. The number of hydrogen-bond acceptors (Lipinski definition) is 9. The number of aromatic nitrogens is 6. The van der Waals surface area contributed by atoms with E-state index >= 15 is 0 Å². The zero-order chi connectivity index (χ0) is 21.4. The van der Waals surface area contributed by atoms with Crippen molar-refractivity contribution >= 4 is 11.5 Å². The molecule has 1 N–H and O–H groups in total. The van der Waals surface area contributed by atoms with Crippen LogP contribution in [0.25, 0.3) is 11.5 Å². The Morgan fingerprint density at radius 1 is 1.26 bits per heavy atom. The van der Waals surface area contributed by atoms with Gasteiger partial charge in [-0.05, 0) is 46.5 Å². The van der Waals surface area contributed by atoms with Crippen molar-refractivity contribution in [2.45, 2.75) is 26.1 Å². The second-order valence-electron chi connectivity index (χ2n) is 7.66. The molecule has 10 nitrogen and oxygen atoms in total. The Bertz CT molecular complexity index is 1140. The number of benzene rings is 1. The average Bonchev–Trinajstić information content (AvgIpc) is 3.46. The van der Waals surface area contributed by atoms with Crippen LogP contribution >= 0.6 is 0 Å². The number of fused-ring (bicyclic) bond motifs is 1. The van der Waals surface area contributed by atoms with Crippen LogP contribution in [0.2, 0.25) is 0 Å². The molecule has 0 saturated heterocycles. The lowest BCUT2D eigenvalue weighted by atomic mass is 9.94. The molecule has 0 fully saturated rings. The highest BCUT2D eigenvalue weighted by molar-refractivity contribution is 5.93. The summed E-state index contributed by atoms with van der Waals surface area (Å²) in [5.41, 5.74) is 5.41. The van der Waals surface area contributed by atoms with E-state index in [1.807, 2.05) is 13.0 Å². The summed E-state index contributed by atoms with van der Waals surface area (Å²) in [5, 5.41) is 21.8. The molecular formula is C21H21N7O3. The van der Waals surface area contributed by atoms with Gasteiger partial charge in [-0.1, -0.05) is 12.1 Å². The number of esters is 1. The van der Waals surface area contributed by atoms with Crippen LogP contribution in [0, 0.1) is 6.92 Å². The second-order valence-corrected chi connectivity index (χ2v) is 7.66. The third-order valence-electron chi connectivity index (χ3n) is 5.85. The molecule has 2 aromatic heterocycles. The van der Waals surface area contributed by atoms with E-state index < -0.39 is 6.10 Å². The van der Waals surface area contributed by atoms with Gasteiger partial charge in [-0.15, -0.1) is 5.10 Å². The zero-order valence-electron chi connectivity index (χ0n) is 17.0. The number of β-amino-alcohol motifs (C(OH)–C–C–N with tert-alkyl or cyclic N) is 1. The van der Waals surface area contributed by atoms with E-state index in [1.165, 1.54) is 16.6 Å². The first-order chi connectivity index (χ1) is 15.1. The molecule has 0 aliphatic carbocycles. The standard InChI is InChI=1S/C21H21N7O3/c1-13-16(2-3-17-18(13)11-31-20(17)30)19(29)10-27-6-4-14(5-7-27)15-8-22-21(23-9-15)28-12-24-25-26-28/h2-4,8-9,12,19,29H,5-7,10-11H2,1H3/t19-/m1/s1. The highest BCUT2D eigenvalue weighted by atomic mass is 16.5. The van der Waals surface area contributed by atoms with Gasteiger partial charge in [0.05, 0.1) is 11.7 Å². The summed E-state index contributed by atoms with van der Waals surface area (Å²) in [4.78, 5) is 22.6. The maximum Gasteiger partial charge on any atom is 0.338 e. The molecule has 2 aliphatic heterocycles. The van der Waals surface area contributed by atoms with Crippen molar-refractivity contribution in [1.29, 1.82) is 0 Å². The Labute approximate surface area is 178 Å². The van der Waals surface area contributed by atoms with Crippen molar-refractivity contribution in [3.63, 3.8) is 0 Å². The lowest BCUT2D eigenvalue weighted by Crippen LogP contribution is -2.32. The molecule has 1 aromatic carbocycles. The van der Waals surface area contributed by atoms with Crippen molar-refractivity contribution in [1.82, 2.24) is 35.1 Å². The van der Waals surface area contributed by atoms with Crippen LogP contribution in [0.3, 0.4) is 0 Å². The minimum Gasteiger partial charge on any atom is -0.457 e. The molecule has 0 spiro atoms. The molecule has 0 radical (unpaired) electrons. The molecule has 4 heterocycles. The highest BCUT2D eigenvalue weighted by Gasteiger charge is 2.26. The number of aliphatic hydroxyl groups is 1. The van der Waals surface area contributed by atoms with Crippen molar-refractivity contribution in [2.24, 2.45) is 0 Å². The topological polar surface area (TPSA) is 119 Å². The first kappa shape index (κ1) is 19.5. The Hall–Kier alpha value is -3.50. The van der Waals surface area contributed by atoms with Crippen LogP contribution in [0.15, 0.2) is 36.9 Å². The molecule has 31 heavy (non-hydrogen) atoms. The second kappa shape index (κ2) is 7.97. The predicted octanol–water partition coefficient (Wildman–Crippen LogP) is 1.25. The van der Waals surface area contributed by atoms with E-state index in [9.17, 15) is 9.90 Å². The molecule has 0 saturated carbocycles. The summed E-state index contributed by atoms with van der Waals surface area (Å²) in [5.74, 6) is 0.134. The summed E-state index contributed by atoms with van der Waals surface area (Å²) in [6.45, 7) is 4.29. The van der Waals surface area contributed by atoms with E-state index in [0.29, 0.717) is 18.1 Å². The van der Waals surface area contributed by atoms with Crippen LogP contribution in [-0.4, -0.2) is 65.8 Å². The van der Waals surface area contributed by atoms with Crippen molar-refractivity contribution in [3.05, 3.63) is 64.7 Å². The fourth-order valence-electron chi connectivity index (χ4n) is 4.07. The van der Waals surface area contributed by atoms with Gasteiger partial charge in [0.25, 0.3) is 5.95 Å². The van der Waals surface area contributed by atoms with Crippen molar-refractivity contribution in [3.8, 4) is 5.95 Å². The monoisotopic (exact) mass is 419 g/mol. The van der Waals surface area contributed by atoms with E-state index in [-0.39, 0.29) is 12.6 Å². The van der Waals surface area contributed by atoms with Crippen LogP contribution < -0.4 is 0 Å². The molecule has 0 unspecified atom stereocenters. The number of ether oxygens (including phenoxy) is 1. The Morgan fingerprint density at radius 3 is 2.81 bits per heavy atom. The molecule has 158 valence electrons. The van der Waals surface area contributed by atoms with Crippen LogP contribution in [0.1, 0.15) is 45.1 Å². The van der Waals surface area contributed by atoms with Crippen molar-refractivity contribution < 1.29 is 14.6 Å². The third kappa shape index (κ3) is 3.71. The number of nitrogens with zero attached hydrogens (tertiary/aromatic N) is 7. The van der Waals surface area contributed by atoms with Crippen molar-refractivity contribution in [2.75, 3.05) is 19.6 Å². The van der Waals surface area contributed by atoms with Crippen LogP contribution in [0.5, 0.6) is 0 Å². The van der Waals surface area contributed by atoms with Gasteiger partial charge < -0.3 is 9.84 Å². The number of tetrazole rings is 1. The number of rotatable bonds is 5. The van der Waals surface area contributed by atoms with E-state index in [2.05, 4.69) is 36.5 Å². The molecule has 5 rings (SSSR count). The van der Waals surface area contributed by atoms with Gasteiger partial charge in [-0.25, -0.2) is 14.8 Å². The van der Waals surface area contributed by atoms with E-state index in [0.717, 1.165) is 41.8 Å². The lowest BCUT2D eigenvalue weighted by molar-refractivity contribution is 0.0535. The fourth-order valence-corrected chi connectivity index (χ4v) is 4.07. The first-order valence-corrected chi connectivity index (χ1v) is 10.0. The van der Waals surface area contributed by atoms with E-state index in [1.54, 1.807) is 18.5 Å². The summed E-state index contributed by atoms with van der Waals surface area (Å²) < 4.78 is 6.52. The Morgan fingerprint density at radius 2 is 2.10 bits per heavy atom. The third-order valence-corrected chi connectivity index (χ3v) is 5.85. The van der Waals surface area contributed by atoms with Gasteiger partial charge in [0, 0.05) is 43.2 Å². The van der Waals surface area contributed by atoms with Gasteiger partial charge in [0.15, 0.2) is 0 Å². The average molecular weight is 419 g/mol. The highest BCUT2D eigenvalue weighted by Crippen LogP contribution is 2.30. The maximum absolute atomic E-state index is 11.7. The maximum atomic E-state index is 11.7. The molecule has 0 bridgehead atoms. The number of aliphatic hydroxyl groups excluding tert-OH is 1. The van der Waals surface area contributed by atoms with Gasteiger partial charge in [0.2, 0.25) is 0 Å². The predicted molar refractivity (Wildman–Crippen MR) is 109 cm³/mol. The quantitative estimate of drug-likeness (QED) is 0.609. The first-order valence-electron chi connectivity index (χ1n) is 10.0. The molecule has 0 amide bonds.